The van der Waals surface area contributed by atoms with Crippen molar-refractivity contribution in [1.82, 2.24) is 0 Å². The van der Waals surface area contributed by atoms with Crippen molar-refractivity contribution in [3.05, 3.63) is 68.8 Å². The molecule has 2 N–H and O–H groups in total. The van der Waals surface area contributed by atoms with Crippen molar-refractivity contribution in [2.24, 2.45) is 5.10 Å². The Kier molecular flexibility index (Phi) is 4.85. The summed E-state index contributed by atoms with van der Waals surface area (Å²) in [4.78, 5) is 10.1. The minimum absolute atomic E-state index is 0.00979. The topological polar surface area (TPSA) is 87.8 Å². The number of nitro benzene ring substituents is 1. The first kappa shape index (κ1) is 15.7. The van der Waals surface area contributed by atoms with Gasteiger partial charge in [-0.2, -0.15) is 5.10 Å². The fourth-order valence-electron chi connectivity index (χ4n) is 2.10. The molecule has 22 heavy (non-hydrogen) atoms. The number of nitrogens with one attached hydrogen (secondary N) is 1. The van der Waals surface area contributed by atoms with Gasteiger partial charge < -0.3 is 5.11 Å². The van der Waals surface area contributed by atoms with Crippen LogP contribution in [0.15, 0.2) is 41.5 Å². The Labute approximate surface area is 128 Å². The molecule has 0 aliphatic carbocycles. The summed E-state index contributed by atoms with van der Waals surface area (Å²) in [6.07, 6.45) is 1.67. The fraction of sp³-hybridized carbons (Fsp3) is 0.188. The summed E-state index contributed by atoms with van der Waals surface area (Å²) in [5.74, 6) is 0. The number of aryl methyl sites for hydroxylation is 1. The normalized spacial score (nSPS) is 10.9. The quantitative estimate of drug-likeness (QED) is 0.504. The molecule has 0 atom stereocenters. The fourth-order valence-corrected chi connectivity index (χ4v) is 2.10. The molecule has 0 heterocycles. The van der Waals surface area contributed by atoms with Crippen molar-refractivity contribution in [2.45, 2.75) is 20.5 Å². The second kappa shape index (κ2) is 6.82. The van der Waals surface area contributed by atoms with Gasteiger partial charge in [0.15, 0.2) is 0 Å². The van der Waals surface area contributed by atoms with E-state index in [1.807, 2.05) is 26.0 Å². The lowest BCUT2D eigenvalue weighted by Crippen LogP contribution is -1.98. The van der Waals surface area contributed by atoms with E-state index in [1.165, 1.54) is 12.1 Å². The van der Waals surface area contributed by atoms with Crippen LogP contribution in [-0.2, 0) is 6.61 Å². The minimum Gasteiger partial charge on any atom is -0.392 e. The maximum absolute atomic E-state index is 10.6. The van der Waals surface area contributed by atoms with Gasteiger partial charge in [0.2, 0.25) is 0 Å². The Morgan fingerprint density at radius 3 is 2.55 bits per heavy atom. The molecule has 2 aromatic rings. The second-order valence-electron chi connectivity index (χ2n) is 4.97. The molecule has 6 nitrogen and oxygen atoms in total. The van der Waals surface area contributed by atoms with Gasteiger partial charge in [-0.15, -0.1) is 0 Å². The molecule has 2 rings (SSSR count). The number of rotatable bonds is 5. The molecule has 0 unspecified atom stereocenters. The van der Waals surface area contributed by atoms with E-state index in [0.29, 0.717) is 5.69 Å². The number of aliphatic hydroxyl groups is 1. The van der Waals surface area contributed by atoms with E-state index in [2.05, 4.69) is 10.5 Å². The van der Waals surface area contributed by atoms with Crippen molar-refractivity contribution in [3.63, 3.8) is 0 Å². The van der Waals surface area contributed by atoms with Crippen LogP contribution >= 0.6 is 0 Å². The molecule has 0 aliphatic heterocycles. The average Bonchev–Trinajstić information content (AvgIpc) is 2.50. The summed E-state index contributed by atoms with van der Waals surface area (Å²) in [5, 5.41) is 24.0. The Morgan fingerprint density at radius 2 is 1.95 bits per heavy atom. The first-order valence-corrected chi connectivity index (χ1v) is 6.76. The van der Waals surface area contributed by atoms with Crippen LogP contribution in [0.5, 0.6) is 0 Å². The molecule has 0 fully saturated rings. The van der Waals surface area contributed by atoms with Crippen molar-refractivity contribution < 1.29 is 10.0 Å². The summed E-state index contributed by atoms with van der Waals surface area (Å²) < 4.78 is 0. The third-order valence-electron chi connectivity index (χ3n) is 3.35. The van der Waals surface area contributed by atoms with E-state index < -0.39 is 4.92 Å². The van der Waals surface area contributed by atoms with Gasteiger partial charge >= 0.3 is 0 Å². The Morgan fingerprint density at radius 1 is 1.27 bits per heavy atom. The second-order valence-corrected chi connectivity index (χ2v) is 4.97. The van der Waals surface area contributed by atoms with Gasteiger partial charge in [-0.25, -0.2) is 0 Å². The molecular formula is C16H17N3O3. The summed E-state index contributed by atoms with van der Waals surface area (Å²) >= 11 is 0. The standard InChI is InChI=1S/C16H17N3O3/c1-11-7-13(12(2)14(8-11)10-20)9-17-18-15-3-5-16(6-4-15)19(21)22/h3-9,18,20H,10H2,1-2H3/b17-9+. The van der Waals surface area contributed by atoms with Gasteiger partial charge in [0.05, 0.1) is 23.4 Å². The maximum Gasteiger partial charge on any atom is 0.269 e. The number of benzene rings is 2. The Hall–Kier alpha value is -2.73. The molecular weight excluding hydrogens is 282 g/mol. The maximum atomic E-state index is 10.6. The lowest BCUT2D eigenvalue weighted by Gasteiger charge is -2.08. The predicted molar refractivity (Wildman–Crippen MR) is 86.2 cm³/mol. The summed E-state index contributed by atoms with van der Waals surface area (Å²) in [6, 6.07) is 9.95. The van der Waals surface area contributed by atoms with Gasteiger partial charge in [0.25, 0.3) is 5.69 Å². The molecule has 114 valence electrons. The van der Waals surface area contributed by atoms with Gasteiger partial charge in [0, 0.05) is 12.1 Å². The molecule has 6 heteroatoms. The minimum atomic E-state index is -0.445. The smallest absolute Gasteiger partial charge is 0.269 e. The van der Waals surface area contributed by atoms with E-state index in [4.69, 9.17) is 0 Å². The van der Waals surface area contributed by atoms with Gasteiger partial charge in [-0.1, -0.05) is 17.7 Å². The zero-order valence-corrected chi connectivity index (χ0v) is 12.4. The lowest BCUT2D eigenvalue weighted by molar-refractivity contribution is -0.384. The lowest BCUT2D eigenvalue weighted by atomic mass is 10.0. The zero-order chi connectivity index (χ0) is 16.1. The van der Waals surface area contributed by atoms with Crippen LogP contribution in [0.25, 0.3) is 0 Å². The zero-order valence-electron chi connectivity index (χ0n) is 12.4. The number of anilines is 1. The number of nitro groups is 1. The molecule has 0 saturated carbocycles. The number of non-ortho nitro benzene ring substituents is 1. The highest BCUT2D eigenvalue weighted by molar-refractivity contribution is 5.83. The van der Waals surface area contributed by atoms with Crippen molar-refractivity contribution >= 4 is 17.6 Å². The molecule has 2 aromatic carbocycles. The number of aliphatic hydroxyl groups excluding tert-OH is 1. The first-order chi connectivity index (χ1) is 10.5. The third kappa shape index (κ3) is 3.67. The first-order valence-electron chi connectivity index (χ1n) is 6.76. The van der Waals surface area contributed by atoms with Crippen LogP contribution < -0.4 is 5.43 Å². The number of nitrogens with zero attached hydrogens (tertiary/aromatic N) is 2. The molecule has 0 saturated heterocycles. The van der Waals surface area contributed by atoms with E-state index in [9.17, 15) is 15.2 Å². The van der Waals surface area contributed by atoms with Gasteiger partial charge in [-0.3, -0.25) is 15.5 Å². The van der Waals surface area contributed by atoms with E-state index in [1.54, 1.807) is 18.3 Å². The van der Waals surface area contributed by atoms with Crippen molar-refractivity contribution in [2.75, 3.05) is 5.43 Å². The van der Waals surface area contributed by atoms with E-state index >= 15 is 0 Å². The molecule has 0 spiro atoms. The molecule has 0 aromatic heterocycles. The number of hydrogen-bond donors (Lipinski definition) is 2. The largest absolute Gasteiger partial charge is 0.392 e. The van der Waals surface area contributed by atoms with Crippen LogP contribution in [0.3, 0.4) is 0 Å². The molecule has 0 amide bonds. The SMILES string of the molecule is Cc1cc(/C=N/Nc2ccc([N+](=O)[O-])cc2)c(C)c(CO)c1. The highest BCUT2D eigenvalue weighted by Crippen LogP contribution is 2.17. The summed E-state index contributed by atoms with van der Waals surface area (Å²) in [6.45, 7) is 3.88. The van der Waals surface area contributed by atoms with Crippen molar-refractivity contribution in [1.29, 1.82) is 0 Å². The third-order valence-corrected chi connectivity index (χ3v) is 3.35. The number of hydrazone groups is 1. The Balaban J connectivity index is 2.12. The average molecular weight is 299 g/mol. The molecule has 0 radical (unpaired) electrons. The van der Waals surface area contributed by atoms with Gasteiger partial charge in [-0.05, 0) is 42.7 Å². The van der Waals surface area contributed by atoms with Crippen LogP contribution in [0.1, 0.15) is 22.3 Å². The predicted octanol–water partition coefficient (Wildman–Crippen LogP) is 3.15. The summed E-state index contributed by atoms with van der Waals surface area (Å²) in [7, 11) is 0. The highest BCUT2D eigenvalue weighted by Gasteiger charge is 2.04. The summed E-state index contributed by atoms with van der Waals surface area (Å²) in [5.41, 5.74) is 7.34. The monoisotopic (exact) mass is 299 g/mol. The van der Waals surface area contributed by atoms with E-state index in [0.717, 1.165) is 22.3 Å². The Bertz CT molecular complexity index is 709. The van der Waals surface area contributed by atoms with Crippen molar-refractivity contribution in [3.8, 4) is 0 Å². The molecule has 0 aliphatic rings. The van der Waals surface area contributed by atoms with Crippen LogP contribution in [-0.4, -0.2) is 16.2 Å². The van der Waals surface area contributed by atoms with E-state index in [-0.39, 0.29) is 12.3 Å². The number of hydrogen-bond acceptors (Lipinski definition) is 5. The highest BCUT2D eigenvalue weighted by atomic mass is 16.6. The van der Waals surface area contributed by atoms with Crippen LogP contribution in [0.2, 0.25) is 0 Å². The molecule has 0 bridgehead atoms. The van der Waals surface area contributed by atoms with Gasteiger partial charge in [0.1, 0.15) is 0 Å². The van der Waals surface area contributed by atoms with Crippen LogP contribution in [0.4, 0.5) is 11.4 Å². The van der Waals surface area contributed by atoms with Crippen LogP contribution in [0, 0.1) is 24.0 Å².